The van der Waals surface area contributed by atoms with Crippen molar-refractivity contribution in [1.29, 1.82) is 0 Å². The van der Waals surface area contributed by atoms with Gasteiger partial charge >= 0.3 is 0 Å². The molecule has 0 unspecified atom stereocenters. The first-order chi connectivity index (χ1) is 18.4. The van der Waals surface area contributed by atoms with Crippen LogP contribution in [0.1, 0.15) is 45.4 Å². The van der Waals surface area contributed by atoms with Crippen LogP contribution in [0.3, 0.4) is 0 Å². The van der Waals surface area contributed by atoms with Gasteiger partial charge in [-0.25, -0.2) is 0 Å². The van der Waals surface area contributed by atoms with Gasteiger partial charge in [-0.1, -0.05) is 54.6 Å². The molecule has 3 aliphatic carbocycles. The summed E-state index contributed by atoms with van der Waals surface area (Å²) in [6, 6.07) is 24.1. The number of hydrogen-bond donors (Lipinski definition) is 0. The van der Waals surface area contributed by atoms with Crippen LogP contribution in [-0.4, -0.2) is 28.0 Å². The number of aryl methyl sites for hydroxylation is 1. The molecule has 8 rings (SSSR count). The quantitative estimate of drug-likeness (QED) is 0.161. The number of amides is 2. The SMILES string of the molecule is Cc1ccc([N+](=O)[O-])cc1-c1ccc(/C=N\N2C(=O)[C@H]3C4c5ccccc5C(c5ccccc54)[C@@H]3C2=O)o1. The number of furan rings is 1. The average Bonchev–Trinajstić information content (AvgIpc) is 3.50. The lowest BCUT2D eigenvalue weighted by Gasteiger charge is -2.45. The van der Waals surface area contributed by atoms with Crippen molar-refractivity contribution in [2.75, 3.05) is 0 Å². The third-order valence-electron chi connectivity index (χ3n) is 8.05. The van der Waals surface area contributed by atoms with Gasteiger partial charge < -0.3 is 4.42 Å². The smallest absolute Gasteiger partial charge is 0.270 e. The summed E-state index contributed by atoms with van der Waals surface area (Å²) >= 11 is 0. The predicted molar refractivity (Wildman–Crippen MR) is 139 cm³/mol. The molecular formula is C30H21N3O5. The summed E-state index contributed by atoms with van der Waals surface area (Å²) in [5.41, 5.74) is 5.78. The normalized spacial score (nSPS) is 23.0. The number of benzene rings is 3. The van der Waals surface area contributed by atoms with E-state index in [1.165, 1.54) is 18.3 Å². The Bertz CT molecular complexity index is 1590. The second kappa shape index (κ2) is 8.08. The Kier molecular flexibility index (Phi) is 4.75. The van der Waals surface area contributed by atoms with E-state index in [9.17, 15) is 19.7 Å². The van der Waals surface area contributed by atoms with Crippen LogP contribution < -0.4 is 0 Å². The maximum absolute atomic E-state index is 13.7. The molecule has 1 aromatic heterocycles. The fraction of sp³-hybridized carbons (Fsp3) is 0.167. The van der Waals surface area contributed by atoms with E-state index in [1.807, 2.05) is 31.2 Å². The summed E-state index contributed by atoms with van der Waals surface area (Å²) in [5.74, 6) is -1.25. The summed E-state index contributed by atoms with van der Waals surface area (Å²) in [4.78, 5) is 38.0. The number of imide groups is 1. The average molecular weight is 504 g/mol. The Morgan fingerprint density at radius 1 is 0.842 bits per heavy atom. The molecule has 1 aliphatic heterocycles. The fourth-order valence-corrected chi connectivity index (χ4v) is 6.45. The number of non-ortho nitro benzene ring substituents is 1. The molecule has 4 aromatic rings. The van der Waals surface area contributed by atoms with Crippen LogP contribution in [0.25, 0.3) is 11.3 Å². The molecule has 2 heterocycles. The largest absolute Gasteiger partial charge is 0.455 e. The summed E-state index contributed by atoms with van der Waals surface area (Å²) in [5, 5.41) is 16.5. The number of nitro benzene ring substituents is 1. The number of carbonyl (C=O) groups is 2. The first-order valence-corrected chi connectivity index (χ1v) is 12.4. The Labute approximate surface area is 217 Å². The van der Waals surface area contributed by atoms with E-state index in [0.717, 1.165) is 32.8 Å². The van der Waals surface area contributed by atoms with Gasteiger partial charge in [-0.15, -0.1) is 0 Å². The highest BCUT2D eigenvalue weighted by Gasteiger charge is 2.61. The van der Waals surface area contributed by atoms with E-state index in [-0.39, 0.29) is 29.3 Å². The van der Waals surface area contributed by atoms with E-state index in [1.54, 1.807) is 18.2 Å². The minimum Gasteiger partial charge on any atom is -0.455 e. The van der Waals surface area contributed by atoms with E-state index < -0.39 is 16.8 Å². The number of nitrogens with zero attached hydrogens (tertiary/aromatic N) is 3. The number of rotatable bonds is 4. The zero-order valence-corrected chi connectivity index (χ0v) is 20.3. The summed E-state index contributed by atoms with van der Waals surface area (Å²) in [6.45, 7) is 1.84. The van der Waals surface area contributed by atoms with Gasteiger partial charge in [-0.05, 0) is 46.9 Å². The molecule has 38 heavy (non-hydrogen) atoms. The summed E-state index contributed by atoms with van der Waals surface area (Å²) < 4.78 is 5.87. The van der Waals surface area contributed by atoms with Crippen molar-refractivity contribution in [2.45, 2.75) is 18.8 Å². The summed E-state index contributed by atoms with van der Waals surface area (Å²) in [6.07, 6.45) is 1.35. The second-order valence-electron chi connectivity index (χ2n) is 9.96. The molecule has 0 N–H and O–H groups in total. The van der Waals surface area contributed by atoms with Gasteiger partial charge in [0.25, 0.3) is 17.5 Å². The summed E-state index contributed by atoms with van der Waals surface area (Å²) in [7, 11) is 0. The predicted octanol–water partition coefficient (Wildman–Crippen LogP) is 5.39. The zero-order valence-electron chi connectivity index (χ0n) is 20.3. The molecule has 2 atom stereocenters. The van der Waals surface area contributed by atoms with Crippen LogP contribution in [0.4, 0.5) is 5.69 Å². The van der Waals surface area contributed by atoms with Gasteiger partial charge in [0.1, 0.15) is 11.5 Å². The van der Waals surface area contributed by atoms with E-state index in [0.29, 0.717) is 17.1 Å². The van der Waals surface area contributed by atoms with Crippen molar-refractivity contribution in [3.8, 4) is 11.3 Å². The molecule has 0 saturated carbocycles. The third kappa shape index (κ3) is 3.06. The molecule has 8 nitrogen and oxygen atoms in total. The third-order valence-corrected chi connectivity index (χ3v) is 8.05. The highest BCUT2D eigenvalue weighted by molar-refractivity contribution is 6.08. The van der Waals surface area contributed by atoms with Crippen molar-refractivity contribution in [1.82, 2.24) is 5.01 Å². The lowest BCUT2D eigenvalue weighted by molar-refractivity contribution is -0.384. The van der Waals surface area contributed by atoms with Gasteiger partial charge in [-0.2, -0.15) is 10.1 Å². The Balaban J connectivity index is 1.22. The minimum atomic E-state index is -0.505. The molecule has 4 aliphatic rings. The number of nitro groups is 1. The molecule has 1 fully saturated rings. The van der Waals surface area contributed by atoms with Gasteiger partial charge in [0.2, 0.25) is 0 Å². The van der Waals surface area contributed by atoms with Crippen LogP contribution in [0.15, 0.2) is 88.4 Å². The van der Waals surface area contributed by atoms with E-state index in [4.69, 9.17) is 4.42 Å². The van der Waals surface area contributed by atoms with Gasteiger partial charge in [0.05, 0.1) is 23.0 Å². The van der Waals surface area contributed by atoms with Crippen LogP contribution in [0.5, 0.6) is 0 Å². The monoisotopic (exact) mass is 503 g/mol. The first kappa shape index (κ1) is 22.4. The minimum absolute atomic E-state index is 0.0373. The maximum atomic E-state index is 13.7. The van der Waals surface area contributed by atoms with Crippen LogP contribution in [0.2, 0.25) is 0 Å². The van der Waals surface area contributed by atoms with Gasteiger partial charge in [0.15, 0.2) is 0 Å². The number of carbonyl (C=O) groups excluding carboxylic acids is 2. The highest BCUT2D eigenvalue weighted by Crippen LogP contribution is 2.60. The first-order valence-electron chi connectivity index (χ1n) is 12.4. The zero-order chi connectivity index (χ0) is 26.1. The molecule has 2 amide bonds. The number of hydrazone groups is 1. The van der Waals surface area contributed by atoms with Gasteiger partial charge in [-0.3, -0.25) is 19.7 Å². The Morgan fingerprint density at radius 2 is 1.39 bits per heavy atom. The molecule has 8 heteroatoms. The maximum Gasteiger partial charge on any atom is 0.270 e. The second-order valence-corrected chi connectivity index (χ2v) is 9.96. The van der Waals surface area contributed by atoms with Crippen molar-refractivity contribution in [3.05, 3.63) is 123 Å². The lowest BCUT2D eigenvalue weighted by atomic mass is 9.55. The topological polar surface area (TPSA) is 106 Å². The van der Waals surface area contributed by atoms with Crippen molar-refractivity contribution in [3.63, 3.8) is 0 Å². The highest BCUT2D eigenvalue weighted by atomic mass is 16.6. The van der Waals surface area contributed by atoms with Crippen LogP contribution in [0, 0.1) is 28.9 Å². The van der Waals surface area contributed by atoms with Crippen molar-refractivity contribution < 1.29 is 18.9 Å². The molecular weight excluding hydrogens is 482 g/mol. The van der Waals surface area contributed by atoms with Crippen molar-refractivity contribution >= 4 is 23.7 Å². The Morgan fingerprint density at radius 3 is 1.92 bits per heavy atom. The van der Waals surface area contributed by atoms with Crippen LogP contribution >= 0.6 is 0 Å². The Hall–Kier alpha value is -4.85. The number of hydrogen-bond acceptors (Lipinski definition) is 6. The molecule has 186 valence electrons. The van der Waals surface area contributed by atoms with Crippen LogP contribution in [-0.2, 0) is 9.59 Å². The van der Waals surface area contributed by atoms with Gasteiger partial charge in [0, 0.05) is 29.5 Å². The van der Waals surface area contributed by atoms with E-state index in [2.05, 4.69) is 29.4 Å². The molecule has 1 saturated heterocycles. The molecule has 0 radical (unpaired) electrons. The van der Waals surface area contributed by atoms with E-state index >= 15 is 0 Å². The standard InChI is InChI=1S/C30H21N3O5/c1-16-10-11-17(33(36)37)14-23(16)24-13-12-18(38-24)15-31-32-29(34)27-25-19-6-2-3-7-20(19)26(28(27)30(32)35)22-9-5-4-8-21(22)25/h2-15,25-28H,1H3/b31-15-/t25?,26?,27-,28-/m0/s1. The van der Waals surface area contributed by atoms with Crippen molar-refractivity contribution in [2.24, 2.45) is 16.9 Å². The molecule has 2 bridgehead atoms. The molecule has 3 aromatic carbocycles. The fourth-order valence-electron chi connectivity index (χ4n) is 6.45. The molecule has 0 spiro atoms. The lowest BCUT2D eigenvalue weighted by Crippen LogP contribution is -2.41.